The first-order chi connectivity index (χ1) is 7.34. The molecule has 0 unspecified atom stereocenters. The van der Waals surface area contributed by atoms with Gasteiger partial charge < -0.3 is 10.1 Å². The number of ether oxygens (including phenoxy) is 1. The van der Waals surface area contributed by atoms with Crippen LogP contribution in [0.15, 0.2) is 12.5 Å². The topological polar surface area (TPSA) is 47.0 Å². The first-order valence-corrected chi connectivity index (χ1v) is 5.40. The van der Waals surface area contributed by atoms with E-state index in [2.05, 4.69) is 15.3 Å². The van der Waals surface area contributed by atoms with Gasteiger partial charge in [0.15, 0.2) is 0 Å². The molecule has 0 aromatic carbocycles. The molecule has 0 amide bonds. The highest BCUT2D eigenvalue weighted by Gasteiger charge is 1.98. The first-order valence-electron chi connectivity index (χ1n) is 5.03. The largest absolute Gasteiger partial charge is 0.385 e. The fourth-order valence-corrected chi connectivity index (χ4v) is 1.37. The maximum absolute atomic E-state index is 5.88. The summed E-state index contributed by atoms with van der Waals surface area (Å²) in [5.74, 6) is 0.707. The van der Waals surface area contributed by atoms with Crippen molar-refractivity contribution >= 4 is 17.4 Å². The van der Waals surface area contributed by atoms with Crippen LogP contribution in [0.3, 0.4) is 0 Å². The highest BCUT2D eigenvalue weighted by molar-refractivity contribution is 6.32. The average Bonchev–Trinajstić information content (AvgIpc) is 2.25. The molecule has 0 aliphatic carbocycles. The monoisotopic (exact) mass is 229 g/mol. The van der Waals surface area contributed by atoms with Crippen LogP contribution in [0.1, 0.15) is 19.3 Å². The van der Waals surface area contributed by atoms with Gasteiger partial charge in [-0.25, -0.2) is 9.97 Å². The van der Waals surface area contributed by atoms with Gasteiger partial charge in [0.1, 0.15) is 17.2 Å². The van der Waals surface area contributed by atoms with E-state index < -0.39 is 0 Å². The van der Waals surface area contributed by atoms with E-state index in [4.69, 9.17) is 16.3 Å². The molecule has 1 aromatic heterocycles. The van der Waals surface area contributed by atoms with Gasteiger partial charge >= 0.3 is 0 Å². The highest BCUT2D eigenvalue weighted by atomic mass is 35.5. The van der Waals surface area contributed by atoms with E-state index in [1.54, 1.807) is 13.3 Å². The summed E-state index contributed by atoms with van der Waals surface area (Å²) < 4.78 is 4.96. The molecule has 0 atom stereocenters. The number of unbranched alkanes of at least 4 members (excludes halogenated alkanes) is 2. The normalized spacial score (nSPS) is 10.3. The van der Waals surface area contributed by atoms with E-state index in [-0.39, 0.29) is 0 Å². The standard InChI is InChI=1S/C10H16ClN3O/c1-15-6-4-2-3-5-13-10-9(11)7-12-8-14-10/h7-8H,2-6H2,1H3,(H,12,13,14). The molecule has 0 saturated heterocycles. The van der Waals surface area contributed by atoms with Crippen LogP contribution in [-0.4, -0.2) is 30.2 Å². The van der Waals surface area contributed by atoms with Crippen LogP contribution in [0.25, 0.3) is 0 Å². The van der Waals surface area contributed by atoms with Crippen molar-refractivity contribution in [3.63, 3.8) is 0 Å². The third kappa shape index (κ3) is 4.95. The van der Waals surface area contributed by atoms with Crippen molar-refractivity contribution < 1.29 is 4.74 Å². The van der Waals surface area contributed by atoms with Crippen LogP contribution in [-0.2, 0) is 4.74 Å². The van der Waals surface area contributed by atoms with Crippen molar-refractivity contribution in [1.82, 2.24) is 9.97 Å². The number of hydrogen-bond acceptors (Lipinski definition) is 4. The first kappa shape index (κ1) is 12.2. The van der Waals surface area contributed by atoms with Crippen LogP contribution in [0.2, 0.25) is 5.02 Å². The number of methoxy groups -OCH3 is 1. The molecule has 0 aliphatic heterocycles. The summed E-state index contributed by atoms with van der Waals surface area (Å²) in [5, 5.41) is 3.73. The summed E-state index contributed by atoms with van der Waals surface area (Å²) in [5.41, 5.74) is 0. The molecule has 0 saturated carbocycles. The Morgan fingerprint density at radius 3 is 3.00 bits per heavy atom. The molecular formula is C10H16ClN3O. The predicted molar refractivity (Wildman–Crippen MR) is 61.3 cm³/mol. The minimum Gasteiger partial charge on any atom is -0.385 e. The lowest BCUT2D eigenvalue weighted by atomic mass is 10.2. The Kier molecular flexibility index (Phi) is 6.04. The fourth-order valence-electron chi connectivity index (χ4n) is 1.20. The minimum atomic E-state index is 0.564. The SMILES string of the molecule is COCCCCCNc1ncncc1Cl. The van der Waals surface area contributed by atoms with Crippen molar-refractivity contribution in [2.24, 2.45) is 0 Å². The number of nitrogens with zero attached hydrogens (tertiary/aromatic N) is 2. The maximum Gasteiger partial charge on any atom is 0.148 e. The smallest absolute Gasteiger partial charge is 0.148 e. The molecule has 0 spiro atoms. The van der Waals surface area contributed by atoms with E-state index >= 15 is 0 Å². The van der Waals surface area contributed by atoms with E-state index in [0.29, 0.717) is 10.8 Å². The lowest BCUT2D eigenvalue weighted by Gasteiger charge is -2.05. The molecule has 84 valence electrons. The van der Waals surface area contributed by atoms with Gasteiger partial charge in [-0.15, -0.1) is 0 Å². The molecule has 4 nitrogen and oxygen atoms in total. The van der Waals surface area contributed by atoms with Crippen molar-refractivity contribution in [3.05, 3.63) is 17.5 Å². The Labute approximate surface area is 95.0 Å². The Morgan fingerprint density at radius 2 is 2.27 bits per heavy atom. The van der Waals surface area contributed by atoms with Gasteiger partial charge in [-0.05, 0) is 19.3 Å². The van der Waals surface area contributed by atoms with Crippen molar-refractivity contribution in [2.45, 2.75) is 19.3 Å². The molecule has 1 N–H and O–H groups in total. The summed E-state index contributed by atoms with van der Waals surface area (Å²) in [6, 6.07) is 0. The molecule has 0 aliphatic rings. The Hall–Kier alpha value is -0.870. The van der Waals surface area contributed by atoms with Crippen LogP contribution in [0.5, 0.6) is 0 Å². The average molecular weight is 230 g/mol. The zero-order valence-electron chi connectivity index (χ0n) is 8.87. The van der Waals surface area contributed by atoms with Gasteiger partial charge in [-0.2, -0.15) is 0 Å². The molecule has 1 rings (SSSR count). The molecule has 1 heterocycles. The van der Waals surface area contributed by atoms with Gasteiger partial charge in [0.05, 0.1) is 6.20 Å². The summed E-state index contributed by atoms with van der Waals surface area (Å²) in [7, 11) is 1.72. The van der Waals surface area contributed by atoms with E-state index in [1.807, 2.05) is 0 Å². The zero-order chi connectivity index (χ0) is 10.9. The predicted octanol–water partition coefficient (Wildman–Crippen LogP) is 2.36. The molecule has 1 aromatic rings. The van der Waals surface area contributed by atoms with E-state index in [1.165, 1.54) is 6.33 Å². The lowest BCUT2D eigenvalue weighted by molar-refractivity contribution is 0.192. The van der Waals surface area contributed by atoms with Gasteiger partial charge in [0.25, 0.3) is 0 Å². The lowest BCUT2D eigenvalue weighted by Crippen LogP contribution is -2.04. The number of aromatic nitrogens is 2. The van der Waals surface area contributed by atoms with Crippen molar-refractivity contribution in [2.75, 3.05) is 25.6 Å². The van der Waals surface area contributed by atoms with Crippen LogP contribution < -0.4 is 5.32 Å². The molecule has 0 radical (unpaired) electrons. The number of hydrogen-bond donors (Lipinski definition) is 1. The summed E-state index contributed by atoms with van der Waals surface area (Å²) in [4.78, 5) is 7.85. The summed E-state index contributed by atoms with van der Waals surface area (Å²) in [6.45, 7) is 1.70. The number of anilines is 1. The van der Waals surface area contributed by atoms with Crippen molar-refractivity contribution in [3.8, 4) is 0 Å². The molecule has 15 heavy (non-hydrogen) atoms. The van der Waals surface area contributed by atoms with Gasteiger partial charge in [-0.3, -0.25) is 0 Å². The van der Waals surface area contributed by atoms with Crippen LogP contribution in [0.4, 0.5) is 5.82 Å². The molecular weight excluding hydrogens is 214 g/mol. The van der Waals surface area contributed by atoms with Gasteiger partial charge in [0, 0.05) is 20.3 Å². The second-order valence-corrected chi connectivity index (χ2v) is 3.61. The van der Waals surface area contributed by atoms with E-state index in [9.17, 15) is 0 Å². The third-order valence-electron chi connectivity index (χ3n) is 1.99. The molecule has 5 heteroatoms. The number of rotatable bonds is 7. The number of halogens is 1. The second kappa shape index (κ2) is 7.43. The Morgan fingerprint density at radius 1 is 1.40 bits per heavy atom. The quantitative estimate of drug-likeness (QED) is 0.730. The molecule has 0 bridgehead atoms. The van der Waals surface area contributed by atoms with Gasteiger partial charge in [-0.1, -0.05) is 11.6 Å². The summed E-state index contributed by atoms with van der Waals surface area (Å²) in [6.07, 6.45) is 6.39. The fraction of sp³-hybridized carbons (Fsp3) is 0.600. The molecule has 0 fully saturated rings. The number of nitrogens with one attached hydrogen (secondary N) is 1. The highest BCUT2D eigenvalue weighted by Crippen LogP contribution is 2.15. The second-order valence-electron chi connectivity index (χ2n) is 3.20. The Balaban J connectivity index is 2.12. The minimum absolute atomic E-state index is 0.564. The zero-order valence-corrected chi connectivity index (χ0v) is 9.63. The van der Waals surface area contributed by atoms with Crippen molar-refractivity contribution in [1.29, 1.82) is 0 Å². The van der Waals surface area contributed by atoms with Crippen LogP contribution in [0, 0.1) is 0 Å². The Bertz CT molecular complexity index is 283. The van der Waals surface area contributed by atoms with Gasteiger partial charge in [0.2, 0.25) is 0 Å². The van der Waals surface area contributed by atoms with Crippen LogP contribution >= 0.6 is 11.6 Å². The maximum atomic E-state index is 5.88. The van der Waals surface area contributed by atoms with E-state index in [0.717, 1.165) is 32.4 Å². The summed E-state index contributed by atoms with van der Waals surface area (Å²) >= 11 is 5.88. The third-order valence-corrected chi connectivity index (χ3v) is 2.26.